The van der Waals surface area contributed by atoms with E-state index in [1.807, 2.05) is 66.7 Å². The third kappa shape index (κ3) is 7.90. The highest BCUT2D eigenvalue weighted by Crippen LogP contribution is 2.31. The van der Waals surface area contributed by atoms with Crippen LogP contribution >= 0.6 is 24.0 Å². The monoisotopic (exact) mass is 633 g/mol. The van der Waals surface area contributed by atoms with Crippen LogP contribution in [-0.4, -0.2) is 43.2 Å². The molecular formula is C34H33Cl2N3O5. The quantitative estimate of drug-likeness (QED) is 0.0870. The number of nitrogens with two attached hydrogens (primary N) is 1. The van der Waals surface area contributed by atoms with E-state index >= 15 is 0 Å². The van der Waals surface area contributed by atoms with Crippen LogP contribution in [0.1, 0.15) is 33.6 Å². The van der Waals surface area contributed by atoms with Gasteiger partial charge in [0.1, 0.15) is 17.2 Å². The highest BCUT2D eigenvalue weighted by Gasteiger charge is 2.17. The largest absolute Gasteiger partial charge is 0.506 e. The molecule has 0 aliphatic rings. The number of phenolic OH excluding ortho intramolecular Hbond substituents is 1. The minimum absolute atomic E-state index is 0. The Morgan fingerprint density at radius 3 is 1.80 bits per heavy atom. The van der Waals surface area contributed by atoms with Gasteiger partial charge in [-0.25, -0.2) is 0 Å². The normalized spacial score (nSPS) is 10.7. The second kappa shape index (κ2) is 15.3. The number of fused-ring (bicyclic) bond motifs is 2. The van der Waals surface area contributed by atoms with Gasteiger partial charge in [0.25, 0.3) is 11.8 Å². The fourth-order valence-corrected chi connectivity index (χ4v) is 4.82. The zero-order chi connectivity index (χ0) is 30.2. The first-order chi connectivity index (χ1) is 20.9. The van der Waals surface area contributed by atoms with Gasteiger partial charge in [-0.05, 0) is 77.3 Å². The first-order valence-electron chi connectivity index (χ1n) is 14.0. The van der Waals surface area contributed by atoms with Crippen LogP contribution < -0.4 is 25.8 Å². The molecule has 0 aliphatic heterocycles. The topological polar surface area (TPSA) is 123 Å². The van der Waals surface area contributed by atoms with Crippen molar-refractivity contribution in [2.24, 2.45) is 5.73 Å². The molecule has 0 radical (unpaired) electrons. The number of benzene rings is 5. The number of nitrogens with one attached hydrogen (secondary N) is 2. The summed E-state index contributed by atoms with van der Waals surface area (Å²) in [7, 11) is 0. The van der Waals surface area contributed by atoms with Crippen LogP contribution in [0.15, 0.2) is 91.0 Å². The predicted octanol–water partition coefficient (Wildman–Crippen LogP) is 6.95. The number of hydrogen-bond acceptors (Lipinski definition) is 6. The smallest absolute Gasteiger partial charge is 0.259 e. The van der Waals surface area contributed by atoms with E-state index in [9.17, 15) is 14.7 Å². The average Bonchev–Trinajstić information content (AvgIpc) is 3.01. The summed E-state index contributed by atoms with van der Waals surface area (Å²) in [4.78, 5) is 26.4. The van der Waals surface area contributed by atoms with Crippen molar-refractivity contribution in [3.05, 3.63) is 107 Å². The molecule has 5 aromatic rings. The highest BCUT2D eigenvalue weighted by molar-refractivity contribution is 6.30. The second-order valence-corrected chi connectivity index (χ2v) is 10.4. The zero-order valence-electron chi connectivity index (χ0n) is 23.8. The van der Waals surface area contributed by atoms with Crippen LogP contribution in [0.3, 0.4) is 0 Å². The minimum atomic E-state index is -0.440. The molecule has 0 bridgehead atoms. The van der Waals surface area contributed by atoms with Gasteiger partial charge in [0.2, 0.25) is 0 Å². The molecule has 5 N–H and O–H groups in total. The highest BCUT2D eigenvalue weighted by atomic mass is 35.5. The van der Waals surface area contributed by atoms with Crippen LogP contribution in [0.5, 0.6) is 17.2 Å². The van der Waals surface area contributed by atoms with E-state index in [1.165, 1.54) is 12.1 Å². The van der Waals surface area contributed by atoms with E-state index in [1.54, 1.807) is 12.1 Å². The molecule has 0 aromatic heterocycles. The minimum Gasteiger partial charge on any atom is -0.506 e. The molecule has 228 valence electrons. The maximum Gasteiger partial charge on any atom is 0.259 e. The molecule has 10 heteroatoms. The van der Waals surface area contributed by atoms with E-state index in [-0.39, 0.29) is 36.4 Å². The number of rotatable bonds is 12. The van der Waals surface area contributed by atoms with E-state index < -0.39 is 5.91 Å². The lowest BCUT2D eigenvalue weighted by Gasteiger charge is -2.15. The summed E-state index contributed by atoms with van der Waals surface area (Å²) >= 11 is 5.93. The van der Waals surface area contributed by atoms with E-state index in [4.69, 9.17) is 26.8 Å². The number of carbonyl (C=O) groups is 2. The van der Waals surface area contributed by atoms with E-state index in [0.717, 1.165) is 21.5 Å². The lowest BCUT2D eigenvalue weighted by Crippen LogP contribution is -2.26. The van der Waals surface area contributed by atoms with Crippen molar-refractivity contribution in [3.8, 4) is 17.2 Å². The summed E-state index contributed by atoms with van der Waals surface area (Å²) in [5.41, 5.74) is 6.61. The van der Waals surface area contributed by atoms with Crippen LogP contribution in [-0.2, 0) is 0 Å². The van der Waals surface area contributed by atoms with Gasteiger partial charge < -0.3 is 30.9 Å². The number of ether oxygens (including phenoxy) is 2. The number of anilines is 1. The molecule has 0 fully saturated rings. The molecule has 8 nitrogen and oxygen atoms in total. The third-order valence-electron chi connectivity index (χ3n) is 6.86. The SMILES string of the molecule is Cl.NCCCOc1cc2ccccc2cc1C(=O)NCCCOc1cc2ccccc2cc1C(=O)Nc1ccc(Cl)cc1O. The maximum absolute atomic E-state index is 13.3. The molecule has 0 spiro atoms. The van der Waals surface area contributed by atoms with Gasteiger partial charge in [0, 0.05) is 17.6 Å². The van der Waals surface area contributed by atoms with Crippen molar-refractivity contribution < 1.29 is 24.2 Å². The van der Waals surface area contributed by atoms with Gasteiger partial charge in [-0.15, -0.1) is 12.4 Å². The van der Waals surface area contributed by atoms with Crippen LogP contribution in [0.2, 0.25) is 5.02 Å². The van der Waals surface area contributed by atoms with Crippen molar-refractivity contribution in [1.29, 1.82) is 0 Å². The van der Waals surface area contributed by atoms with Gasteiger partial charge in [-0.2, -0.15) is 0 Å². The Morgan fingerprint density at radius 1 is 0.727 bits per heavy atom. The molecule has 0 saturated carbocycles. The fourth-order valence-electron chi connectivity index (χ4n) is 4.65. The van der Waals surface area contributed by atoms with Crippen molar-refractivity contribution in [2.45, 2.75) is 12.8 Å². The average molecular weight is 635 g/mol. The number of aromatic hydroxyl groups is 1. The molecule has 5 rings (SSSR count). The summed E-state index contributed by atoms with van der Waals surface area (Å²) in [6, 6.07) is 27.2. The molecule has 0 atom stereocenters. The first-order valence-corrected chi connectivity index (χ1v) is 14.4. The standard InChI is InChI=1S/C34H32ClN3O5.ClH/c35-26-11-12-29(30(39)21-26)38-34(41)28-18-23-8-2-4-10-25(23)20-32(28)43-16-6-14-37-33(40)27-17-22-7-1-3-9-24(22)19-31(27)42-15-5-13-36;/h1-4,7-12,17-21,39H,5-6,13-16,36H2,(H,37,40)(H,38,41);1H. The molecule has 0 heterocycles. The fraction of sp³-hybridized carbons (Fsp3) is 0.176. The van der Waals surface area contributed by atoms with Crippen molar-refractivity contribution >= 4 is 63.1 Å². The summed E-state index contributed by atoms with van der Waals surface area (Å²) < 4.78 is 11.9. The van der Waals surface area contributed by atoms with Gasteiger partial charge >= 0.3 is 0 Å². The van der Waals surface area contributed by atoms with Gasteiger partial charge in [-0.3, -0.25) is 9.59 Å². The lowest BCUT2D eigenvalue weighted by molar-refractivity contribution is 0.0947. The number of amides is 2. The van der Waals surface area contributed by atoms with Crippen molar-refractivity contribution in [1.82, 2.24) is 5.32 Å². The first kappa shape index (κ1) is 32.4. The Kier molecular flexibility index (Phi) is 11.3. The molecule has 0 saturated heterocycles. The molecule has 44 heavy (non-hydrogen) atoms. The predicted molar refractivity (Wildman–Crippen MR) is 178 cm³/mol. The lowest BCUT2D eigenvalue weighted by atomic mass is 10.0. The van der Waals surface area contributed by atoms with E-state index in [0.29, 0.717) is 60.2 Å². The second-order valence-electron chi connectivity index (χ2n) is 9.96. The van der Waals surface area contributed by atoms with Crippen LogP contribution in [0.25, 0.3) is 21.5 Å². The summed E-state index contributed by atoms with van der Waals surface area (Å²) in [5.74, 6) is 0.0759. The van der Waals surface area contributed by atoms with Crippen molar-refractivity contribution in [2.75, 3.05) is 31.6 Å². The molecule has 2 amide bonds. The van der Waals surface area contributed by atoms with E-state index in [2.05, 4.69) is 10.6 Å². The Morgan fingerprint density at radius 2 is 1.25 bits per heavy atom. The number of phenols is 1. The molecule has 5 aromatic carbocycles. The van der Waals surface area contributed by atoms with Crippen LogP contribution in [0.4, 0.5) is 5.69 Å². The molecular weight excluding hydrogens is 601 g/mol. The number of hydrogen-bond donors (Lipinski definition) is 4. The zero-order valence-corrected chi connectivity index (χ0v) is 25.4. The Labute approximate surface area is 266 Å². The maximum atomic E-state index is 13.3. The Balaban J connectivity index is 0.00000442. The molecule has 0 aliphatic carbocycles. The van der Waals surface area contributed by atoms with Crippen LogP contribution in [0, 0.1) is 0 Å². The van der Waals surface area contributed by atoms with Crippen molar-refractivity contribution in [3.63, 3.8) is 0 Å². The Hall–Kier alpha value is -4.50. The summed E-state index contributed by atoms with van der Waals surface area (Å²) in [5, 5.41) is 19.9. The number of halogens is 2. The van der Waals surface area contributed by atoms with Gasteiger partial charge in [-0.1, -0.05) is 60.1 Å². The molecule has 0 unspecified atom stereocenters. The number of carbonyl (C=O) groups excluding carboxylic acids is 2. The summed E-state index contributed by atoms with van der Waals surface area (Å²) in [6.45, 7) is 1.52. The summed E-state index contributed by atoms with van der Waals surface area (Å²) in [6.07, 6.45) is 1.18. The Bertz CT molecular complexity index is 1780. The third-order valence-corrected chi connectivity index (χ3v) is 7.10. The van der Waals surface area contributed by atoms with Gasteiger partial charge in [0.05, 0.1) is 30.0 Å². The van der Waals surface area contributed by atoms with Gasteiger partial charge in [0.15, 0.2) is 0 Å².